The van der Waals surface area contributed by atoms with Gasteiger partial charge in [0.1, 0.15) is 0 Å². The molecular weight excluding hydrogens is 450 g/mol. The van der Waals surface area contributed by atoms with Crippen LogP contribution in [0.2, 0.25) is 0 Å². The maximum Gasteiger partial charge on any atom is 0.251 e. The number of aryl methyl sites for hydroxylation is 1. The molecule has 2 amide bonds. The predicted octanol–water partition coefficient (Wildman–Crippen LogP) is 4.08. The number of nitrogens with one attached hydrogen (secondary N) is 2. The summed E-state index contributed by atoms with van der Waals surface area (Å²) in [7, 11) is -3.64. The van der Waals surface area contributed by atoms with E-state index in [0.29, 0.717) is 29.9 Å². The fourth-order valence-corrected chi connectivity index (χ4v) is 5.94. The van der Waals surface area contributed by atoms with E-state index in [1.807, 2.05) is 30.3 Å². The average molecular weight is 480 g/mol. The molecule has 1 aliphatic heterocycles. The third-order valence-corrected chi connectivity index (χ3v) is 8.12. The van der Waals surface area contributed by atoms with Gasteiger partial charge in [0.2, 0.25) is 15.9 Å². The molecule has 0 bridgehead atoms. The lowest BCUT2D eigenvalue weighted by Gasteiger charge is -2.21. The molecule has 4 rings (SSSR count). The third kappa shape index (κ3) is 5.46. The van der Waals surface area contributed by atoms with Gasteiger partial charge in [0, 0.05) is 24.3 Å². The summed E-state index contributed by atoms with van der Waals surface area (Å²) in [6, 6.07) is 17.9. The minimum absolute atomic E-state index is 0.201. The molecule has 1 saturated heterocycles. The van der Waals surface area contributed by atoms with Gasteiger partial charge in [-0.25, -0.2) is 8.42 Å². The van der Waals surface area contributed by atoms with Crippen molar-refractivity contribution in [2.75, 3.05) is 25.0 Å². The van der Waals surface area contributed by atoms with Crippen molar-refractivity contribution >= 4 is 38.3 Å². The molecule has 178 valence electrons. The lowest BCUT2D eigenvalue weighted by molar-refractivity contribution is -0.115. The van der Waals surface area contributed by atoms with E-state index in [1.54, 1.807) is 31.2 Å². The molecule has 0 aliphatic carbocycles. The fraction of sp³-hybridized carbons (Fsp3) is 0.308. The quantitative estimate of drug-likeness (QED) is 0.557. The van der Waals surface area contributed by atoms with Gasteiger partial charge in [-0.05, 0) is 60.4 Å². The van der Waals surface area contributed by atoms with Gasteiger partial charge in [0.25, 0.3) is 5.91 Å². The second kappa shape index (κ2) is 10.4. The van der Waals surface area contributed by atoms with E-state index in [9.17, 15) is 18.0 Å². The van der Waals surface area contributed by atoms with E-state index in [2.05, 4.69) is 10.6 Å². The second-order valence-electron chi connectivity index (χ2n) is 8.59. The molecule has 3 aromatic carbocycles. The Morgan fingerprint density at radius 1 is 0.882 bits per heavy atom. The Morgan fingerprint density at radius 2 is 1.59 bits per heavy atom. The Morgan fingerprint density at radius 3 is 2.32 bits per heavy atom. The number of hydrogen-bond acceptors (Lipinski definition) is 4. The zero-order valence-electron chi connectivity index (χ0n) is 19.2. The Hall–Kier alpha value is -3.23. The van der Waals surface area contributed by atoms with Gasteiger partial charge in [-0.3, -0.25) is 9.59 Å². The summed E-state index contributed by atoms with van der Waals surface area (Å²) in [4.78, 5) is 25.2. The van der Waals surface area contributed by atoms with Crippen LogP contribution < -0.4 is 10.6 Å². The van der Waals surface area contributed by atoms with Gasteiger partial charge in [0.15, 0.2) is 0 Å². The van der Waals surface area contributed by atoms with Gasteiger partial charge < -0.3 is 10.6 Å². The van der Waals surface area contributed by atoms with Crippen molar-refractivity contribution in [1.82, 2.24) is 9.62 Å². The highest BCUT2D eigenvalue weighted by molar-refractivity contribution is 7.89. The van der Waals surface area contributed by atoms with Crippen LogP contribution in [0.25, 0.3) is 10.8 Å². The zero-order valence-corrected chi connectivity index (χ0v) is 20.0. The lowest BCUT2D eigenvalue weighted by atomic mass is 10.1. The van der Waals surface area contributed by atoms with E-state index < -0.39 is 15.9 Å². The van der Waals surface area contributed by atoms with Gasteiger partial charge in [-0.2, -0.15) is 4.31 Å². The topological polar surface area (TPSA) is 95.6 Å². The predicted molar refractivity (Wildman–Crippen MR) is 133 cm³/mol. The van der Waals surface area contributed by atoms with Gasteiger partial charge in [0.05, 0.1) is 11.4 Å². The first kappa shape index (κ1) is 23.9. The molecule has 1 fully saturated rings. The number of anilines is 1. The van der Waals surface area contributed by atoms with Crippen LogP contribution in [0.15, 0.2) is 65.6 Å². The summed E-state index contributed by atoms with van der Waals surface area (Å²) < 4.78 is 28.0. The molecule has 1 heterocycles. The van der Waals surface area contributed by atoms with E-state index in [0.717, 1.165) is 36.5 Å². The highest BCUT2D eigenvalue weighted by atomic mass is 32.2. The monoisotopic (exact) mass is 479 g/mol. The number of sulfonamides is 1. The second-order valence-corrected chi connectivity index (χ2v) is 10.5. The molecule has 8 heteroatoms. The largest absolute Gasteiger partial charge is 0.343 e. The number of rotatable bonds is 6. The van der Waals surface area contributed by atoms with Gasteiger partial charge in [-0.15, -0.1) is 0 Å². The molecule has 0 aromatic heterocycles. The van der Waals surface area contributed by atoms with Crippen LogP contribution >= 0.6 is 0 Å². The van der Waals surface area contributed by atoms with Crippen LogP contribution in [-0.4, -0.2) is 44.2 Å². The number of hydrogen-bond donors (Lipinski definition) is 2. The SMILES string of the molecule is Cc1ccc(NC(=O)CNC(=O)c2ccc3ccccc3c2)cc1S(=O)(=O)N1CCCCCC1. The van der Waals surface area contributed by atoms with E-state index in [-0.39, 0.29) is 17.3 Å². The van der Waals surface area contributed by atoms with Crippen LogP contribution in [-0.2, 0) is 14.8 Å². The molecule has 1 aliphatic rings. The van der Waals surface area contributed by atoms with Crippen molar-refractivity contribution in [3.8, 4) is 0 Å². The fourth-order valence-electron chi connectivity index (χ4n) is 4.18. The van der Waals surface area contributed by atoms with E-state index in [1.165, 1.54) is 10.4 Å². The summed E-state index contributed by atoms with van der Waals surface area (Å²) in [6.45, 7) is 2.55. The highest BCUT2D eigenvalue weighted by Gasteiger charge is 2.27. The summed E-state index contributed by atoms with van der Waals surface area (Å²) in [5.74, 6) is -0.787. The lowest BCUT2D eigenvalue weighted by Crippen LogP contribution is -2.33. The van der Waals surface area contributed by atoms with Crippen molar-refractivity contribution in [2.24, 2.45) is 0 Å². The Kier molecular flexibility index (Phi) is 7.29. The molecular formula is C26H29N3O4S. The molecule has 0 saturated carbocycles. The maximum absolute atomic E-state index is 13.2. The van der Waals surface area contributed by atoms with Crippen molar-refractivity contribution in [3.63, 3.8) is 0 Å². The molecule has 0 radical (unpaired) electrons. The number of fused-ring (bicyclic) bond motifs is 1. The molecule has 0 unspecified atom stereocenters. The minimum Gasteiger partial charge on any atom is -0.343 e. The Bertz CT molecular complexity index is 1310. The molecule has 34 heavy (non-hydrogen) atoms. The summed E-state index contributed by atoms with van der Waals surface area (Å²) in [5, 5.41) is 7.29. The molecule has 3 aromatic rings. The molecule has 0 atom stereocenters. The number of carbonyl (C=O) groups excluding carboxylic acids is 2. The maximum atomic E-state index is 13.2. The van der Waals surface area contributed by atoms with Crippen LogP contribution in [0.3, 0.4) is 0 Å². The van der Waals surface area contributed by atoms with Crippen molar-refractivity contribution in [2.45, 2.75) is 37.5 Å². The van der Waals surface area contributed by atoms with Crippen molar-refractivity contribution in [1.29, 1.82) is 0 Å². The van der Waals surface area contributed by atoms with Crippen molar-refractivity contribution < 1.29 is 18.0 Å². The first-order chi connectivity index (χ1) is 16.3. The first-order valence-electron chi connectivity index (χ1n) is 11.5. The standard InChI is InChI=1S/C26H29N3O4S/c1-19-10-13-23(17-24(19)34(32,33)29-14-6-2-3-7-15-29)28-25(30)18-27-26(31)22-12-11-20-8-4-5-9-21(20)16-22/h4-5,8-13,16-17H,2-3,6-7,14-15,18H2,1H3,(H,27,31)(H,28,30). The number of benzene rings is 3. The smallest absolute Gasteiger partial charge is 0.251 e. The van der Waals surface area contributed by atoms with Gasteiger partial charge in [-0.1, -0.05) is 49.2 Å². The minimum atomic E-state index is -3.64. The summed E-state index contributed by atoms with van der Waals surface area (Å²) in [6.07, 6.45) is 3.77. The normalized spacial score (nSPS) is 15.0. The Balaban J connectivity index is 1.41. The average Bonchev–Trinajstić information content (AvgIpc) is 3.14. The van der Waals surface area contributed by atoms with Gasteiger partial charge >= 0.3 is 0 Å². The highest BCUT2D eigenvalue weighted by Crippen LogP contribution is 2.26. The van der Waals surface area contributed by atoms with Crippen LogP contribution in [0, 0.1) is 6.92 Å². The van der Waals surface area contributed by atoms with E-state index in [4.69, 9.17) is 0 Å². The van der Waals surface area contributed by atoms with Crippen LogP contribution in [0.1, 0.15) is 41.6 Å². The number of nitrogens with zero attached hydrogens (tertiary/aromatic N) is 1. The van der Waals surface area contributed by atoms with Crippen molar-refractivity contribution in [3.05, 3.63) is 71.8 Å². The van der Waals surface area contributed by atoms with E-state index >= 15 is 0 Å². The number of amides is 2. The molecule has 2 N–H and O–H groups in total. The van der Waals surface area contributed by atoms with Crippen LogP contribution in [0.5, 0.6) is 0 Å². The number of carbonyl (C=O) groups is 2. The summed E-state index contributed by atoms with van der Waals surface area (Å²) in [5.41, 5.74) is 1.48. The Labute approximate surface area is 200 Å². The molecule has 0 spiro atoms. The molecule has 7 nitrogen and oxygen atoms in total. The van der Waals surface area contributed by atoms with Crippen LogP contribution in [0.4, 0.5) is 5.69 Å². The summed E-state index contributed by atoms with van der Waals surface area (Å²) >= 11 is 0. The third-order valence-electron chi connectivity index (χ3n) is 6.08. The zero-order chi connectivity index (χ0) is 24.1. The first-order valence-corrected chi connectivity index (χ1v) is 13.0.